The van der Waals surface area contributed by atoms with Crippen molar-refractivity contribution in [2.45, 2.75) is 43.6 Å². The summed E-state index contributed by atoms with van der Waals surface area (Å²) in [4.78, 5) is 32.1. The van der Waals surface area contributed by atoms with Crippen molar-refractivity contribution in [3.8, 4) is 0 Å². The molecule has 0 fully saturated rings. The highest BCUT2D eigenvalue weighted by Crippen LogP contribution is 2.28. The Kier molecular flexibility index (Phi) is 5.59. The molecule has 140 valence electrons. The maximum atomic E-state index is 12.5. The summed E-state index contributed by atoms with van der Waals surface area (Å²) in [6.45, 7) is 0.0448. The molecule has 5 nitrogen and oxygen atoms in total. The number of ether oxygens (including phenoxy) is 1. The number of carbonyl (C=O) groups excluding carboxylic acids is 1. The third-order valence-electron chi connectivity index (χ3n) is 4.51. The van der Waals surface area contributed by atoms with Crippen LogP contribution in [0.5, 0.6) is 0 Å². The van der Waals surface area contributed by atoms with Crippen molar-refractivity contribution in [2.75, 3.05) is 5.75 Å². The lowest BCUT2D eigenvalue weighted by Crippen LogP contribution is -2.18. The number of aromatic nitrogens is 2. The highest BCUT2D eigenvalue weighted by Gasteiger charge is 2.18. The van der Waals surface area contributed by atoms with Crippen LogP contribution in [0, 0.1) is 0 Å². The topological polar surface area (TPSA) is 60.7 Å². The number of carbonyl (C=O) groups is 1. The summed E-state index contributed by atoms with van der Waals surface area (Å²) in [6, 6.07) is 11.4. The normalized spacial score (nSPS) is 13.5. The average Bonchev–Trinajstić information content (AvgIpc) is 3.06. The molecule has 3 aromatic rings. The van der Waals surface area contributed by atoms with Gasteiger partial charge in [0.15, 0.2) is 4.96 Å². The molecule has 0 atom stereocenters. The lowest BCUT2D eigenvalue weighted by atomic mass is 10.0. The van der Waals surface area contributed by atoms with Gasteiger partial charge in [-0.25, -0.2) is 4.98 Å². The molecular weight excluding hydrogens is 380 g/mol. The highest BCUT2D eigenvalue weighted by atomic mass is 32.2. The number of nitrogens with zero attached hydrogens (tertiary/aromatic N) is 2. The lowest BCUT2D eigenvalue weighted by molar-refractivity contribution is -0.144. The summed E-state index contributed by atoms with van der Waals surface area (Å²) in [5.74, 6) is 0.390. The fourth-order valence-electron chi connectivity index (χ4n) is 3.21. The molecule has 1 aromatic carbocycles. The molecule has 0 saturated carbocycles. The van der Waals surface area contributed by atoms with Gasteiger partial charge in [0.05, 0.1) is 12.1 Å². The Hall–Kier alpha value is -2.12. The number of thiazole rings is 1. The Labute approximate surface area is 165 Å². The van der Waals surface area contributed by atoms with Crippen LogP contribution in [-0.4, -0.2) is 21.1 Å². The van der Waals surface area contributed by atoms with Crippen LogP contribution in [0.2, 0.25) is 0 Å². The van der Waals surface area contributed by atoms with Gasteiger partial charge in [0.1, 0.15) is 6.61 Å². The van der Waals surface area contributed by atoms with Crippen molar-refractivity contribution >= 4 is 34.0 Å². The Morgan fingerprint density at radius 1 is 1.22 bits per heavy atom. The molecule has 27 heavy (non-hydrogen) atoms. The van der Waals surface area contributed by atoms with E-state index in [1.165, 1.54) is 17.4 Å². The second-order valence-corrected chi connectivity index (χ2v) is 8.69. The van der Waals surface area contributed by atoms with E-state index in [9.17, 15) is 9.59 Å². The van der Waals surface area contributed by atoms with E-state index >= 15 is 0 Å². The quantitative estimate of drug-likeness (QED) is 0.464. The lowest BCUT2D eigenvalue weighted by Gasteiger charge is -2.10. The van der Waals surface area contributed by atoms with E-state index in [0.29, 0.717) is 22.8 Å². The molecule has 0 bridgehead atoms. The molecular formula is C20H20N2O3S2. The average molecular weight is 401 g/mol. The molecule has 0 spiro atoms. The van der Waals surface area contributed by atoms with Crippen LogP contribution in [-0.2, 0) is 29.0 Å². The minimum Gasteiger partial charge on any atom is -0.459 e. The summed E-state index contributed by atoms with van der Waals surface area (Å²) < 4.78 is 7.04. The number of thioether (sulfide) groups is 1. The van der Waals surface area contributed by atoms with E-state index < -0.39 is 0 Å². The molecule has 2 aromatic heterocycles. The number of benzene rings is 1. The Morgan fingerprint density at radius 3 is 2.89 bits per heavy atom. The van der Waals surface area contributed by atoms with Crippen LogP contribution in [0.4, 0.5) is 0 Å². The van der Waals surface area contributed by atoms with Crippen molar-refractivity contribution < 1.29 is 9.53 Å². The SMILES string of the molecule is O=C(CCSc1ccccc1)OCc1cc(=O)n2c3c(sc2n1)CCCC3. The van der Waals surface area contributed by atoms with Gasteiger partial charge in [0.2, 0.25) is 0 Å². The Bertz CT molecular complexity index is 1010. The van der Waals surface area contributed by atoms with Gasteiger partial charge >= 0.3 is 5.97 Å². The van der Waals surface area contributed by atoms with Gasteiger partial charge in [-0.15, -0.1) is 23.1 Å². The molecule has 4 rings (SSSR count). The number of rotatable bonds is 6. The van der Waals surface area contributed by atoms with E-state index in [2.05, 4.69) is 4.98 Å². The Balaban J connectivity index is 1.36. The monoisotopic (exact) mass is 400 g/mol. The van der Waals surface area contributed by atoms with Crippen molar-refractivity contribution in [3.05, 3.63) is 63.0 Å². The van der Waals surface area contributed by atoms with Crippen LogP contribution >= 0.6 is 23.1 Å². The molecule has 1 aliphatic carbocycles. The van der Waals surface area contributed by atoms with Crippen molar-refractivity contribution in [3.63, 3.8) is 0 Å². The van der Waals surface area contributed by atoms with Gasteiger partial charge in [-0.3, -0.25) is 14.0 Å². The van der Waals surface area contributed by atoms with Gasteiger partial charge in [0, 0.05) is 27.3 Å². The van der Waals surface area contributed by atoms with Crippen LogP contribution < -0.4 is 5.56 Å². The molecule has 0 radical (unpaired) electrons. The molecule has 0 unspecified atom stereocenters. The van der Waals surface area contributed by atoms with E-state index in [1.54, 1.807) is 27.5 Å². The predicted molar refractivity (Wildman–Crippen MR) is 108 cm³/mol. The third-order valence-corrected chi connectivity index (χ3v) is 6.67. The van der Waals surface area contributed by atoms with Crippen molar-refractivity contribution in [1.82, 2.24) is 9.38 Å². The summed E-state index contributed by atoms with van der Waals surface area (Å²) in [5.41, 5.74) is 1.55. The van der Waals surface area contributed by atoms with Gasteiger partial charge in [-0.2, -0.15) is 0 Å². The molecule has 2 heterocycles. The molecule has 0 aliphatic heterocycles. The number of fused-ring (bicyclic) bond motifs is 3. The summed E-state index contributed by atoms with van der Waals surface area (Å²) in [5, 5.41) is 0. The van der Waals surface area contributed by atoms with E-state index in [-0.39, 0.29) is 18.1 Å². The number of hydrogen-bond donors (Lipinski definition) is 0. The number of aryl methyl sites for hydroxylation is 2. The van der Waals surface area contributed by atoms with Crippen LogP contribution in [0.3, 0.4) is 0 Å². The minimum absolute atomic E-state index is 0.0448. The zero-order chi connectivity index (χ0) is 18.6. The molecule has 7 heteroatoms. The third kappa shape index (κ3) is 4.25. The first-order valence-corrected chi connectivity index (χ1v) is 10.9. The maximum absolute atomic E-state index is 12.5. The smallest absolute Gasteiger partial charge is 0.307 e. The Morgan fingerprint density at radius 2 is 2.04 bits per heavy atom. The highest BCUT2D eigenvalue weighted by molar-refractivity contribution is 7.99. The fraction of sp³-hybridized carbons (Fsp3) is 0.350. The van der Waals surface area contributed by atoms with Crippen molar-refractivity contribution in [1.29, 1.82) is 0 Å². The van der Waals surface area contributed by atoms with Gasteiger partial charge in [-0.05, 0) is 37.8 Å². The minimum atomic E-state index is -0.272. The number of esters is 1. The second-order valence-electron chi connectivity index (χ2n) is 6.45. The van der Waals surface area contributed by atoms with E-state index in [4.69, 9.17) is 4.74 Å². The molecule has 0 amide bonds. The molecule has 1 aliphatic rings. The molecule has 0 saturated heterocycles. The summed E-state index contributed by atoms with van der Waals surface area (Å²) >= 11 is 3.20. The standard InChI is InChI=1S/C20H20N2O3S2/c23-18-12-14(21-20-22(18)16-8-4-5-9-17(16)27-20)13-25-19(24)10-11-26-15-6-2-1-3-7-15/h1-3,6-7,12H,4-5,8-11,13H2. The first-order chi connectivity index (χ1) is 13.2. The predicted octanol–water partition coefficient (Wildman–Crippen LogP) is 3.86. The summed E-state index contributed by atoms with van der Waals surface area (Å²) in [6.07, 6.45) is 4.57. The van der Waals surface area contributed by atoms with Crippen LogP contribution in [0.25, 0.3) is 4.96 Å². The first kappa shape index (κ1) is 18.3. The van der Waals surface area contributed by atoms with E-state index in [0.717, 1.165) is 29.9 Å². The molecule has 0 N–H and O–H groups in total. The van der Waals surface area contributed by atoms with E-state index in [1.807, 2.05) is 30.3 Å². The zero-order valence-electron chi connectivity index (χ0n) is 14.8. The largest absolute Gasteiger partial charge is 0.459 e. The first-order valence-electron chi connectivity index (χ1n) is 9.07. The maximum Gasteiger partial charge on any atom is 0.307 e. The van der Waals surface area contributed by atoms with Gasteiger partial charge in [-0.1, -0.05) is 18.2 Å². The number of hydrogen-bond acceptors (Lipinski definition) is 6. The van der Waals surface area contributed by atoms with Gasteiger partial charge < -0.3 is 4.74 Å². The second kappa shape index (κ2) is 8.27. The zero-order valence-corrected chi connectivity index (χ0v) is 16.5. The fourth-order valence-corrected chi connectivity index (χ4v) is 5.30. The summed E-state index contributed by atoms with van der Waals surface area (Å²) in [7, 11) is 0. The van der Waals surface area contributed by atoms with Crippen molar-refractivity contribution in [2.24, 2.45) is 0 Å². The van der Waals surface area contributed by atoms with Crippen LogP contribution in [0.1, 0.15) is 35.5 Å². The van der Waals surface area contributed by atoms with Crippen LogP contribution in [0.15, 0.2) is 46.1 Å². The van der Waals surface area contributed by atoms with Gasteiger partial charge in [0.25, 0.3) is 5.56 Å².